The summed E-state index contributed by atoms with van der Waals surface area (Å²) in [6.07, 6.45) is -1.21. The van der Waals surface area contributed by atoms with Crippen molar-refractivity contribution < 1.29 is 18.0 Å². The molecule has 27 heavy (non-hydrogen) atoms. The van der Waals surface area contributed by atoms with E-state index >= 15 is 0 Å². The van der Waals surface area contributed by atoms with Gasteiger partial charge >= 0.3 is 6.18 Å². The number of aryl methyl sites for hydroxylation is 1. The van der Waals surface area contributed by atoms with Crippen LogP contribution < -0.4 is 10.9 Å². The predicted molar refractivity (Wildman–Crippen MR) is 97.3 cm³/mol. The maximum Gasteiger partial charge on any atom is 0.416 e. The number of halogens is 4. The van der Waals surface area contributed by atoms with Gasteiger partial charge in [-0.25, -0.2) is 4.98 Å². The SMILES string of the molecule is O=C(CSc1nc2c(c(=O)[nH]1)CCCC2)Nc1cc(C(F)(F)F)ccc1Cl. The molecule has 144 valence electrons. The lowest BCUT2D eigenvalue weighted by molar-refractivity contribution is -0.137. The van der Waals surface area contributed by atoms with Crippen LogP contribution in [-0.2, 0) is 23.8 Å². The van der Waals surface area contributed by atoms with E-state index in [4.69, 9.17) is 11.6 Å². The Morgan fingerprint density at radius 1 is 1.30 bits per heavy atom. The highest BCUT2D eigenvalue weighted by atomic mass is 35.5. The summed E-state index contributed by atoms with van der Waals surface area (Å²) in [5, 5.41) is 2.67. The maximum absolute atomic E-state index is 12.8. The Morgan fingerprint density at radius 3 is 2.78 bits per heavy atom. The molecular weight excluding hydrogens is 403 g/mol. The first kappa shape index (κ1) is 19.8. The number of amides is 1. The summed E-state index contributed by atoms with van der Waals surface area (Å²) in [4.78, 5) is 31.2. The lowest BCUT2D eigenvalue weighted by Crippen LogP contribution is -2.22. The van der Waals surface area contributed by atoms with Crippen molar-refractivity contribution in [2.45, 2.75) is 37.0 Å². The zero-order chi connectivity index (χ0) is 19.6. The van der Waals surface area contributed by atoms with Crippen molar-refractivity contribution in [3.63, 3.8) is 0 Å². The number of rotatable bonds is 4. The Balaban J connectivity index is 1.67. The molecule has 1 amide bonds. The molecule has 0 unspecified atom stereocenters. The first-order chi connectivity index (χ1) is 12.7. The molecule has 0 spiro atoms. The van der Waals surface area contributed by atoms with Gasteiger partial charge in [0.1, 0.15) is 0 Å². The molecule has 1 aromatic heterocycles. The highest BCUT2D eigenvalue weighted by Crippen LogP contribution is 2.34. The second kappa shape index (κ2) is 7.93. The molecule has 1 aliphatic rings. The van der Waals surface area contributed by atoms with E-state index in [9.17, 15) is 22.8 Å². The first-order valence-electron chi connectivity index (χ1n) is 8.15. The second-order valence-electron chi connectivity index (χ2n) is 6.03. The largest absolute Gasteiger partial charge is 0.416 e. The highest BCUT2D eigenvalue weighted by molar-refractivity contribution is 7.99. The summed E-state index contributed by atoms with van der Waals surface area (Å²) < 4.78 is 38.3. The van der Waals surface area contributed by atoms with E-state index in [1.54, 1.807) is 0 Å². The summed E-state index contributed by atoms with van der Waals surface area (Å²) in [5.74, 6) is -0.685. The van der Waals surface area contributed by atoms with Crippen molar-refractivity contribution in [3.8, 4) is 0 Å². The topological polar surface area (TPSA) is 74.8 Å². The van der Waals surface area contributed by atoms with E-state index < -0.39 is 17.6 Å². The minimum Gasteiger partial charge on any atom is -0.324 e. The molecule has 1 aliphatic carbocycles. The summed E-state index contributed by atoms with van der Waals surface area (Å²) in [5.41, 5.74) is 0.197. The van der Waals surface area contributed by atoms with E-state index in [2.05, 4.69) is 15.3 Å². The molecule has 0 saturated heterocycles. The summed E-state index contributed by atoms with van der Waals surface area (Å²) >= 11 is 6.87. The van der Waals surface area contributed by atoms with E-state index in [-0.39, 0.29) is 22.0 Å². The Hall–Kier alpha value is -2.00. The molecule has 0 radical (unpaired) electrons. The molecule has 0 saturated carbocycles. The molecule has 2 N–H and O–H groups in total. The average molecular weight is 418 g/mol. The molecular formula is C17H15ClF3N3O2S. The number of aromatic amines is 1. The van der Waals surface area contributed by atoms with Gasteiger partial charge in [-0.3, -0.25) is 9.59 Å². The van der Waals surface area contributed by atoms with Crippen molar-refractivity contribution in [1.82, 2.24) is 9.97 Å². The number of fused-ring (bicyclic) bond motifs is 1. The van der Waals surface area contributed by atoms with E-state index in [1.165, 1.54) is 0 Å². The number of hydrogen-bond donors (Lipinski definition) is 2. The van der Waals surface area contributed by atoms with Crippen molar-refractivity contribution in [2.75, 3.05) is 11.1 Å². The van der Waals surface area contributed by atoms with Crippen LogP contribution in [0.5, 0.6) is 0 Å². The minimum absolute atomic E-state index is 0.00154. The number of alkyl halides is 3. The highest BCUT2D eigenvalue weighted by Gasteiger charge is 2.31. The van der Waals surface area contributed by atoms with Gasteiger partial charge in [-0.15, -0.1) is 0 Å². The zero-order valence-corrected chi connectivity index (χ0v) is 15.5. The Labute approximate surface area is 161 Å². The average Bonchev–Trinajstić information content (AvgIpc) is 2.61. The molecule has 0 bridgehead atoms. The van der Waals surface area contributed by atoms with Crippen molar-refractivity contribution in [1.29, 1.82) is 0 Å². The van der Waals surface area contributed by atoms with Gasteiger partial charge in [0, 0.05) is 5.56 Å². The molecule has 10 heteroatoms. The lowest BCUT2D eigenvalue weighted by atomic mass is 9.97. The fraction of sp³-hybridized carbons (Fsp3) is 0.353. The number of thioether (sulfide) groups is 1. The normalized spacial score (nSPS) is 13.9. The fourth-order valence-corrected chi connectivity index (χ4v) is 3.61. The molecule has 0 atom stereocenters. The predicted octanol–water partition coefficient (Wildman–Crippen LogP) is 4.05. The lowest BCUT2D eigenvalue weighted by Gasteiger charge is -2.14. The van der Waals surface area contributed by atoms with Crippen LogP contribution >= 0.6 is 23.4 Å². The van der Waals surface area contributed by atoms with Crippen LogP contribution in [0.25, 0.3) is 0 Å². The van der Waals surface area contributed by atoms with E-state index in [1.807, 2.05) is 0 Å². The number of carbonyl (C=O) groups is 1. The third kappa shape index (κ3) is 4.84. The quantitative estimate of drug-likeness (QED) is 0.581. The first-order valence-corrected chi connectivity index (χ1v) is 9.52. The smallest absolute Gasteiger partial charge is 0.324 e. The number of benzene rings is 1. The second-order valence-corrected chi connectivity index (χ2v) is 7.40. The van der Waals surface area contributed by atoms with Gasteiger partial charge in [-0.05, 0) is 43.9 Å². The van der Waals surface area contributed by atoms with Crippen LogP contribution in [0.4, 0.5) is 18.9 Å². The van der Waals surface area contributed by atoms with Gasteiger partial charge in [0.05, 0.1) is 27.7 Å². The maximum atomic E-state index is 12.8. The van der Waals surface area contributed by atoms with Crippen LogP contribution in [0.3, 0.4) is 0 Å². The van der Waals surface area contributed by atoms with Crippen LogP contribution in [0, 0.1) is 0 Å². The van der Waals surface area contributed by atoms with E-state index in [0.29, 0.717) is 17.1 Å². The minimum atomic E-state index is -4.54. The van der Waals surface area contributed by atoms with Gasteiger partial charge in [0.15, 0.2) is 5.16 Å². The molecule has 0 aliphatic heterocycles. The summed E-state index contributed by atoms with van der Waals surface area (Å²) in [6, 6.07) is 2.70. The molecule has 3 rings (SSSR count). The molecule has 2 aromatic rings. The third-order valence-corrected chi connectivity index (χ3v) is 5.28. The van der Waals surface area contributed by atoms with Crippen molar-refractivity contribution >= 4 is 35.0 Å². The summed E-state index contributed by atoms with van der Waals surface area (Å²) in [6.45, 7) is 0. The number of aromatic nitrogens is 2. The van der Waals surface area contributed by atoms with Gasteiger partial charge in [0.25, 0.3) is 5.56 Å². The Kier molecular flexibility index (Phi) is 5.81. The number of anilines is 1. The number of carbonyl (C=O) groups excluding carboxylic acids is 1. The van der Waals surface area contributed by atoms with Crippen LogP contribution in [0.1, 0.15) is 29.7 Å². The zero-order valence-electron chi connectivity index (χ0n) is 14.0. The molecule has 5 nitrogen and oxygen atoms in total. The third-order valence-electron chi connectivity index (χ3n) is 4.08. The van der Waals surface area contributed by atoms with Gasteiger partial charge in [-0.1, -0.05) is 23.4 Å². The fourth-order valence-electron chi connectivity index (χ4n) is 2.77. The number of nitrogens with zero attached hydrogens (tertiary/aromatic N) is 1. The van der Waals surface area contributed by atoms with Crippen LogP contribution in [0.2, 0.25) is 5.02 Å². The van der Waals surface area contributed by atoms with Crippen molar-refractivity contribution in [2.24, 2.45) is 0 Å². The molecule has 0 fully saturated rings. The van der Waals surface area contributed by atoms with Crippen LogP contribution in [-0.4, -0.2) is 21.6 Å². The summed E-state index contributed by atoms with van der Waals surface area (Å²) in [7, 11) is 0. The van der Waals surface area contributed by atoms with Gasteiger partial charge in [-0.2, -0.15) is 13.2 Å². The molecule has 1 aromatic carbocycles. The number of hydrogen-bond acceptors (Lipinski definition) is 4. The van der Waals surface area contributed by atoms with E-state index in [0.717, 1.165) is 54.9 Å². The Morgan fingerprint density at radius 2 is 2.04 bits per heavy atom. The molecule has 1 heterocycles. The van der Waals surface area contributed by atoms with Crippen LogP contribution in [0.15, 0.2) is 28.2 Å². The standard InChI is InChI=1S/C17H15ClF3N3O2S/c18-11-6-5-9(17(19,20)21)7-13(11)22-14(25)8-27-16-23-12-4-2-1-3-10(12)15(26)24-16/h5-7H,1-4,8H2,(H,22,25)(H,23,24,26). The number of H-pyrrole nitrogens is 1. The monoisotopic (exact) mass is 417 g/mol. The van der Waals surface area contributed by atoms with Gasteiger partial charge in [0.2, 0.25) is 5.91 Å². The van der Waals surface area contributed by atoms with Gasteiger partial charge < -0.3 is 10.3 Å². The van der Waals surface area contributed by atoms with Crippen molar-refractivity contribution in [3.05, 3.63) is 50.4 Å². The Bertz CT molecular complexity index is 931. The number of nitrogens with one attached hydrogen (secondary N) is 2.